The average Bonchev–Trinajstić information content (AvgIpc) is 3.17. The summed E-state index contributed by atoms with van der Waals surface area (Å²) in [6.45, 7) is 7.47. The number of rotatable bonds is 5. The van der Waals surface area contributed by atoms with E-state index in [4.69, 9.17) is 4.74 Å². The number of nitrogens with zero attached hydrogens (tertiary/aromatic N) is 2. The Morgan fingerprint density at radius 3 is 2.47 bits per heavy atom. The molecule has 1 aromatic carbocycles. The van der Waals surface area contributed by atoms with Gasteiger partial charge in [0.05, 0.1) is 12.1 Å². The standard InChI is InChI=1S/C28H43N5O5/c1-20(2)25-28(37)32(3)18-19-38-23-11-7-6-10-21(23)26(35)30-22(12-13-24(34)31-25)27(36)29-14-17-33-15-8-4-5-9-16-33/h6-7,10-11,20,22,25H,4-5,8-9,12-19H2,1-3H3,(H,29,36)(H,30,35)(H,31,34)/t22-,25+/m0/s1. The van der Waals surface area contributed by atoms with Gasteiger partial charge in [-0.25, -0.2) is 0 Å². The number of carbonyl (C=O) groups is 4. The van der Waals surface area contributed by atoms with Gasteiger partial charge in [0, 0.05) is 26.6 Å². The van der Waals surface area contributed by atoms with Crippen LogP contribution < -0.4 is 20.7 Å². The quantitative estimate of drug-likeness (QED) is 0.533. The average molecular weight is 530 g/mol. The lowest BCUT2D eigenvalue weighted by molar-refractivity contribution is -0.137. The smallest absolute Gasteiger partial charge is 0.255 e. The Labute approximate surface area is 225 Å². The van der Waals surface area contributed by atoms with E-state index in [1.807, 2.05) is 13.8 Å². The Bertz CT molecular complexity index is 961. The van der Waals surface area contributed by atoms with Crippen LogP contribution in [0.25, 0.3) is 0 Å². The number of likely N-dealkylation sites (N-methyl/N-ethyl adjacent to an activating group) is 1. The molecule has 10 nitrogen and oxygen atoms in total. The number of hydrogen-bond acceptors (Lipinski definition) is 6. The van der Waals surface area contributed by atoms with Crippen LogP contribution in [0, 0.1) is 5.92 Å². The van der Waals surface area contributed by atoms with Crippen molar-refractivity contribution in [1.82, 2.24) is 25.8 Å². The highest BCUT2D eigenvalue weighted by atomic mass is 16.5. The molecule has 1 aromatic rings. The maximum absolute atomic E-state index is 13.2. The lowest BCUT2D eigenvalue weighted by Crippen LogP contribution is -2.51. The maximum atomic E-state index is 13.2. The Hall–Kier alpha value is -3.14. The summed E-state index contributed by atoms with van der Waals surface area (Å²) in [6.07, 6.45) is 4.90. The summed E-state index contributed by atoms with van der Waals surface area (Å²) in [4.78, 5) is 56.1. The van der Waals surface area contributed by atoms with Gasteiger partial charge in [-0.2, -0.15) is 0 Å². The highest BCUT2D eigenvalue weighted by Gasteiger charge is 2.29. The zero-order valence-electron chi connectivity index (χ0n) is 23.0. The van der Waals surface area contributed by atoms with E-state index in [0.717, 1.165) is 19.6 Å². The van der Waals surface area contributed by atoms with Gasteiger partial charge < -0.3 is 30.5 Å². The van der Waals surface area contributed by atoms with Crippen LogP contribution in [0.3, 0.4) is 0 Å². The molecule has 10 heteroatoms. The van der Waals surface area contributed by atoms with Gasteiger partial charge in [0.25, 0.3) is 5.91 Å². The van der Waals surface area contributed by atoms with Crippen molar-refractivity contribution in [2.24, 2.45) is 5.92 Å². The third-order valence-corrected chi connectivity index (χ3v) is 7.15. The zero-order chi connectivity index (χ0) is 27.5. The van der Waals surface area contributed by atoms with Gasteiger partial charge in [0.2, 0.25) is 17.7 Å². The third kappa shape index (κ3) is 8.72. The summed E-state index contributed by atoms with van der Waals surface area (Å²) in [7, 11) is 1.66. The molecule has 0 bridgehead atoms. The minimum Gasteiger partial charge on any atom is -0.491 e. The lowest BCUT2D eigenvalue weighted by Gasteiger charge is -2.27. The molecule has 0 aliphatic carbocycles. The first-order valence-electron chi connectivity index (χ1n) is 13.8. The molecule has 0 saturated carbocycles. The van der Waals surface area contributed by atoms with E-state index in [-0.39, 0.29) is 49.6 Å². The van der Waals surface area contributed by atoms with Crippen molar-refractivity contribution in [3.63, 3.8) is 0 Å². The lowest BCUT2D eigenvalue weighted by atomic mass is 10.0. The molecule has 2 heterocycles. The molecule has 1 fully saturated rings. The predicted molar refractivity (Wildman–Crippen MR) is 145 cm³/mol. The first kappa shape index (κ1) is 29.4. The van der Waals surface area contributed by atoms with Crippen LogP contribution in [0.4, 0.5) is 0 Å². The Balaban J connectivity index is 1.75. The summed E-state index contributed by atoms with van der Waals surface area (Å²) >= 11 is 0. The summed E-state index contributed by atoms with van der Waals surface area (Å²) in [6, 6.07) is 5.20. The molecule has 38 heavy (non-hydrogen) atoms. The van der Waals surface area contributed by atoms with Crippen molar-refractivity contribution < 1.29 is 23.9 Å². The maximum Gasteiger partial charge on any atom is 0.255 e. The fraction of sp³-hybridized carbons (Fsp3) is 0.643. The van der Waals surface area contributed by atoms with Crippen molar-refractivity contribution in [3.8, 4) is 5.75 Å². The van der Waals surface area contributed by atoms with E-state index in [1.54, 1.807) is 31.3 Å². The van der Waals surface area contributed by atoms with Gasteiger partial charge in [-0.15, -0.1) is 0 Å². The molecule has 2 aliphatic heterocycles. The summed E-state index contributed by atoms with van der Waals surface area (Å²) < 4.78 is 5.86. The minimum atomic E-state index is -0.911. The Morgan fingerprint density at radius 2 is 1.76 bits per heavy atom. The number of para-hydroxylation sites is 1. The summed E-state index contributed by atoms with van der Waals surface area (Å²) in [5.41, 5.74) is 0.295. The van der Waals surface area contributed by atoms with E-state index < -0.39 is 18.0 Å². The summed E-state index contributed by atoms with van der Waals surface area (Å²) in [5, 5.41) is 8.58. The first-order chi connectivity index (χ1) is 18.3. The van der Waals surface area contributed by atoms with Crippen LogP contribution in [0.5, 0.6) is 5.75 Å². The summed E-state index contributed by atoms with van der Waals surface area (Å²) in [5.74, 6) is -1.08. The molecule has 210 valence electrons. The van der Waals surface area contributed by atoms with E-state index in [0.29, 0.717) is 17.9 Å². The number of benzene rings is 1. The zero-order valence-corrected chi connectivity index (χ0v) is 23.0. The van der Waals surface area contributed by atoms with Gasteiger partial charge in [-0.05, 0) is 50.4 Å². The molecule has 0 radical (unpaired) electrons. The van der Waals surface area contributed by atoms with Crippen LogP contribution in [-0.2, 0) is 14.4 Å². The van der Waals surface area contributed by atoms with Gasteiger partial charge >= 0.3 is 0 Å². The van der Waals surface area contributed by atoms with Crippen molar-refractivity contribution in [2.75, 3.05) is 46.4 Å². The first-order valence-corrected chi connectivity index (χ1v) is 13.8. The Morgan fingerprint density at radius 1 is 1.05 bits per heavy atom. The molecular weight excluding hydrogens is 486 g/mol. The van der Waals surface area contributed by atoms with Crippen molar-refractivity contribution in [2.45, 2.75) is 64.5 Å². The number of ether oxygens (including phenoxy) is 1. The molecule has 0 unspecified atom stereocenters. The van der Waals surface area contributed by atoms with Crippen LogP contribution in [0.15, 0.2) is 24.3 Å². The minimum absolute atomic E-state index is 0.0111. The predicted octanol–water partition coefficient (Wildman–Crippen LogP) is 1.55. The molecule has 3 rings (SSSR count). The number of amides is 4. The molecule has 2 atom stereocenters. The van der Waals surface area contributed by atoms with Crippen molar-refractivity contribution in [3.05, 3.63) is 29.8 Å². The second-order valence-electron chi connectivity index (χ2n) is 10.5. The van der Waals surface area contributed by atoms with Crippen LogP contribution in [0.1, 0.15) is 62.7 Å². The van der Waals surface area contributed by atoms with Gasteiger partial charge in [0.15, 0.2) is 0 Å². The topological polar surface area (TPSA) is 120 Å². The highest BCUT2D eigenvalue weighted by molar-refractivity contribution is 5.99. The van der Waals surface area contributed by atoms with E-state index in [1.165, 1.54) is 30.6 Å². The molecular formula is C28H43N5O5. The molecule has 0 aromatic heterocycles. The number of hydrogen-bond donors (Lipinski definition) is 3. The number of likely N-dealkylation sites (tertiary alicyclic amines) is 1. The fourth-order valence-corrected chi connectivity index (χ4v) is 4.78. The van der Waals surface area contributed by atoms with E-state index >= 15 is 0 Å². The fourth-order valence-electron chi connectivity index (χ4n) is 4.78. The van der Waals surface area contributed by atoms with Crippen LogP contribution >= 0.6 is 0 Å². The molecule has 4 amide bonds. The van der Waals surface area contributed by atoms with Crippen LogP contribution in [0.2, 0.25) is 0 Å². The SMILES string of the molecule is CC(C)[C@H]1NC(=O)CC[C@@H](C(=O)NCCN2CCCCCC2)NC(=O)c2ccccc2OCCN(C)C1=O. The van der Waals surface area contributed by atoms with Crippen molar-refractivity contribution >= 4 is 23.6 Å². The van der Waals surface area contributed by atoms with E-state index in [2.05, 4.69) is 20.9 Å². The largest absolute Gasteiger partial charge is 0.491 e. The second kappa shape index (κ2) is 14.7. The third-order valence-electron chi connectivity index (χ3n) is 7.15. The Kier molecular flexibility index (Phi) is 11.4. The van der Waals surface area contributed by atoms with Crippen molar-refractivity contribution in [1.29, 1.82) is 0 Å². The van der Waals surface area contributed by atoms with Gasteiger partial charge in [0.1, 0.15) is 24.4 Å². The number of fused-ring (bicyclic) bond motifs is 1. The highest BCUT2D eigenvalue weighted by Crippen LogP contribution is 2.19. The second-order valence-corrected chi connectivity index (χ2v) is 10.5. The number of nitrogens with one attached hydrogen (secondary N) is 3. The molecule has 2 aliphatic rings. The molecule has 0 spiro atoms. The molecule has 3 N–H and O–H groups in total. The monoisotopic (exact) mass is 529 g/mol. The van der Waals surface area contributed by atoms with Gasteiger partial charge in [-0.1, -0.05) is 38.8 Å². The van der Waals surface area contributed by atoms with E-state index in [9.17, 15) is 19.2 Å². The van der Waals surface area contributed by atoms with Crippen LogP contribution in [-0.4, -0.2) is 91.9 Å². The normalized spacial score (nSPS) is 22.7. The number of carbonyl (C=O) groups excluding carboxylic acids is 4. The molecule has 1 saturated heterocycles. The van der Waals surface area contributed by atoms with Gasteiger partial charge in [-0.3, -0.25) is 19.2 Å².